The van der Waals surface area contributed by atoms with Gasteiger partial charge in [0.25, 0.3) is 11.5 Å². The first-order valence-corrected chi connectivity index (χ1v) is 4.49. The van der Waals surface area contributed by atoms with Gasteiger partial charge in [0.15, 0.2) is 0 Å². The van der Waals surface area contributed by atoms with Gasteiger partial charge in [-0.3, -0.25) is 0 Å². The Kier molecular flexibility index (Phi) is 1.33. The van der Waals surface area contributed by atoms with Gasteiger partial charge in [-0.15, -0.1) is 0 Å². The van der Waals surface area contributed by atoms with E-state index in [0.29, 0.717) is 5.76 Å². The minimum absolute atomic E-state index is 0.280. The van der Waals surface area contributed by atoms with E-state index >= 15 is 0 Å². The second-order valence-corrected chi connectivity index (χ2v) is 3.35. The summed E-state index contributed by atoms with van der Waals surface area (Å²) < 4.78 is 0. The van der Waals surface area contributed by atoms with E-state index in [4.69, 9.17) is 14.5 Å². The van der Waals surface area contributed by atoms with Crippen molar-refractivity contribution in [2.24, 2.45) is 0 Å². The first-order chi connectivity index (χ1) is 6.77. The molecule has 4 nitrogen and oxygen atoms in total. The van der Waals surface area contributed by atoms with E-state index in [9.17, 15) is 0 Å². The van der Waals surface area contributed by atoms with E-state index in [-0.39, 0.29) is 4.97 Å². The highest BCUT2D eigenvalue weighted by atomic mass is 17.2. The first kappa shape index (κ1) is 7.70. The third kappa shape index (κ3) is 0.975. The number of hydrogen-bond donors (Lipinski definition) is 0. The molecule has 0 spiro atoms. The van der Waals surface area contributed by atoms with Crippen molar-refractivity contribution in [1.29, 1.82) is 0 Å². The smallest absolute Gasteiger partial charge is 0.225 e. The molecule has 0 saturated carbocycles. The highest BCUT2D eigenvalue weighted by molar-refractivity contribution is 5.31. The summed E-state index contributed by atoms with van der Waals surface area (Å²) in [7, 11) is 1.71. The van der Waals surface area contributed by atoms with Gasteiger partial charge in [0.2, 0.25) is 17.8 Å². The number of quaternary nitrogens is 1. The van der Waals surface area contributed by atoms with Crippen LogP contribution in [-0.4, -0.2) is 12.0 Å². The molecule has 0 aromatic carbocycles. The van der Waals surface area contributed by atoms with Gasteiger partial charge in [-0.2, -0.15) is 0 Å². The zero-order valence-electron chi connectivity index (χ0n) is 7.77. The lowest BCUT2D eigenvalue weighted by atomic mass is 10.2. The van der Waals surface area contributed by atoms with Crippen LogP contribution in [-0.2, 0) is 14.5 Å². The summed E-state index contributed by atoms with van der Waals surface area (Å²) in [6.45, 7) is 0. The lowest BCUT2D eigenvalue weighted by Gasteiger charge is -2.15. The quantitative estimate of drug-likeness (QED) is 0.548. The molecule has 14 heavy (non-hydrogen) atoms. The molecule has 0 amide bonds. The van der Waals surface area contributed by atoms with Crippen LogP contribution in [0.2, 0.25) is 0 Å². The van der Waals surface area contributed by atoms with Crippen molar-refractivity contribution in [2.45, 2.75) is 6.42 Å². The summed E-state index contributed by atoms with van der Waals surface area (Å²) in [4.78, 5) is 16.1. The van der Waals surface area contributed by atoms with Crippen molar-refractivity contribution in [2.75, 3.05) is 7.05 Å². The predicted molar refractivity (Wildman–Crippen MR) is 47.4 cm³/mol. The van der Waals surface area contributed by atoms with Gasteiger partial charge >= 0.3 is 0 Å². The molecular formula is C10H10NO3+. The summed E-state index contributed by atoms with van der Waals surface area (Å²) in [6, 6.07) is 0. The Hall–Kier alpha value is -1.68. The summed E-state index contributed by atoms with van der Waals surface area (Å²) in [6.07, 6.45) is 10.5. The van der Waals surface area contributed by atoms with Crippen molar-refractivity contribution in [3.63, 3.8) is 0 Å². The van der Waals surface area contributed by atoms with E-state index in [1.807, 2.05) is 30.4 Å². The van der Waals surface area contributed by atoms with Crippen LogP contribution in [0, 0.1) is 0 Å². The standard InChI is InChI=1S/C10H10NO3/c1-11-12-8-6-4-2-3-5-7-9(13-11)10(8)14-11/h2-6H,7H2,1H3/q+1/b4-2-,5-3-,8-6+. The zero-order valence-corrected chi connectivity index (χ0v) is 7.77. The topological polar surface area (TPSA) is 27.7 Å². The van der Waals surface area contributed by atoms with Crippen LogP contribution in [0.25, 0.3) is 0 Å². The van der Waals surface area contributed by atoms with Crippen LogP contribution in [0.3, 0.4) is 0 Å². The van der Waals surface area contributed by atoms with Gasteiger partial charge in [-0.1, -0.05) is 24.3 Å². The molecule has 1 saturated heterocycles. The lowest BCUT2D eigenvalue weighted by Crippen LogP contribution is -2.35. The fourth-order valence-electron chi connectivity index (χ4n) is 1.61. The van der Waals surface area contributed by atoms with E-state index in [1.54, 1.807) is 7.05 Å². The monoisotopic (exact) mass is 192 g/mol. The average Bonchev–Trinajstić information content (AvgIpc) is 2.61. The molecule has 1 atom stereocenters. The Morgan fingerprint density at radius 3 is 2.93 bits per heavy atom. The molecule has 0 aromatic heterocycles. The Bertz CT molecular complexity index is 403. The Labute approximate surface area is 81.4 Å². The zero-order chi connectivity index (χ0) is 9.60. The average molecular weight is 192 g/mol. The predicted octanol–water partition coefficient (Wildman–Crippen LogP) is 1.87. The fraction of sp³-hybridized carbons (Fsp3) is 0.200. The maximum Gasteiger partial charge on any atom is 0.296 e. The Morgan fingerprint density at radius 2 is 2.07 bits per heavy atom. The lowest BCUT2D eigenvalue weighted by molar-refractivity contribution is -1.32. The molecule has 1 fully saturated rings. The number of allylic oxidation sites excluding steroid dienone is 5. The normalized spacial score (nSPS) is 40.8. The molecule has 1 unspecified atom stereocenters. The van der Waals surface area contributed by atoms with Gasteiger partial charge in [-0.25, -0.2) is 14.5 Å². The van der Waals surface area contributed by atoms with E-state index in [2.05, 4.69) is 0 Å². The molecule has 3 aliphatic rings. The molecular weight excluding hydrogens is 182 g/mol. The fourth-order valence-corrected chi connectivity index (χ4v) is 1.61. The highest BCUT2D eigenvalue weighted by Crippen LogP contribution is 2.42. The van der Waals surface area contributed by atoms with Gasteiger partial charge < -0.3 is 0 Å². The van der Waals surface area contributed by atoms with Gasteiger partial charge in [0.05, 0.1) is 0 Å². The summed E-state index contributed by atoms with van der Waals surface area (Å²) >= 11 is 0. The SMILES string of the molecule is C[N+]12OC3=C(O1)\C(=C/C=C\C=C/C3)O2. The van der Waals surface area contributed by atoms with Crippen LogP contribution < -0.4 is 0 Å². The largest absolute Gasteiger partial charge is 0.296 e. The molecule has 2 heterocycles. The minimum Gasteiger partial charge on any atom is -0.225 e. The van der Waals surface area contributed by atoms with E-state index in [0.717, 1.165) is 17.9 Å². The molecule has 72 valence electrons. The number of hydroxylamine groups is 3. The summed E-state index contributed by atoms with van der Waals surface area (Å²) in [5.41, 5.74) is 0. The molecule has 0 aromatic rings. The number of hydrogen-bond acceptors (Lipinski definition) is 3. The molecule has 2 bridgehead atoms. The van der Waals surface area contributed by atoms with Crippen molar-refractivity contribution < 1.29 is 19.5 Å². The summed E-state index contributed by atoms with van der Waals surface area (Å²) in [5, 5.41) is 0. The maximum absolute atomic E-state index is 5.46. The molecule has 1 aliphatic carbocycles. The second-order valence-electron chi connectivity index (χ2n) is 3.35. The first-order valence-electron chi connectivity index (χ1n) is 4.49. The van der Waals surface area contributed by atoms with Gasteiger partial charge in [0, 0.05) is 6.42 Å². The molecule has 0 radical (unpaired) electrons. The molecule has 3 rings (SSSR count). The highest BCUT2D eigenvalue weighted by Gasteiger charge is 2.53. The minimum atomic E-state index is -0.280. The number of rotatable bonds is 0. The van der Waals surface area contributed by atoms with Crippen LogP contribution in [0.4, 0.5) is 0 Å². The number of nitrogens with zero attached hydrogens (tertiary/aromatic N) is 1. The summed E-state index contributed by atoms with van der Waals surface area (Å²) in [5.74, 6) is 2.27. The van der Waals surface area contributed by atoms with Crippen LogP contribution in [0.15, 0.2) is 47.7 Å². The third-order valence-corrected chi connectivity index (χ3v) is 2.18. The number of fused-ring (bicyclic) bond motifs is 1. The molecule has 2 aliphatic heterocycles. The van der Waals surface area contributed by atoms with E-state index in [1.165, 1.54) is 0 Å². The molecule has 4 heteroatoms. The Balaban J connectivity index is 2.10. The van der Waals surface area contributed by atoms with Crippen LogP contribution in [0.1, 0.15) is 6.42 Å². The van der Waals surface area contributed by atoms with E-state index < -0.39 is 0 Å². The Morgan fingerprint density at radius 1 is 1.14 bits per heavy atom. The van der Waals surface area contributed by atoms with Crippen molar-refractivity contribution in [3.8, 4) is 0 Å². The second kappa shape index (κ2) is 2.42. The van der Waals surface area contributed by atoms with Crippen molar-refractivity contribution >= 4 is 0 Å². The van der Waals surface area contributed by atoms with Crippen molar-refractivity contribution in [1.82, 2.24) is 0 Å². The van der Waals surface area contributed by atoms with Gasteiger partial charge in [-0.05, 0) is 6.08 Å². The third-order valence-electron chi connectivity index (χ3n) is 2.18. The maximum atomic E-state index is 5.46. The van der Waals surface area contributed by atoms with Crippen LogP contribution in [0.5, 0.6) is 0 Å². The van der Waals surface area contributed by atoms with Crippen molar-refractivity contribution in [3.05, 3.63) is 47.7 Å². The van der Waals surface area contributed by atoms with Crippen LogP contribution >= 0.6 is 0 Å². The van der Waals surface area contributed by atoms with Gasteiger partial charge in [0.1, 0.15) is 0 Å². The molecule has 0 N–H and O–H groups in total.